The number of aliphatic hydroxyl groups excluding tert-OH is 1. The molecule has 62 valence electrons. The lowest BCUT2D eigenvalue weighted by Gasteiger charge is -2.05. The molecule has 4 heteroatoms. The first-order chi connectivity index (χ1) is 5.16. The molecule has 0 aliphatic heterocycles. The first-order valence-corrected chi connectivity index (χ1v) is 3.53. The van der Waals surface area contributed by atoms with Gasteiger partial charge in [-0.05, 0) is 6.92 Å². The highest BCUT2D eigenvalue weighted by Crippen LogP contribution is 2.14. The van der Waals surface area contributed by atoms with E-state index < -0.39 is 6.10 Å². The lowest BCUT2D eigenvalue weighted by Crippen LogP contribution is -2.12. The molecular weight excluding hydrogens is 142 g/mol. The van der Waals surface area contributed by atoms with Gasteiger partial charge in [-0.3, -0.25) is 4.68 Å². The molecular formula is C7H13N3O. The second-order valence-electron chi connectivity index (χ2n) is 2.56. The highest BCUT2D eigenvalue weighted by atomic mass is 16.3. The van der Waals surface area contributed by atoms with Gasteiger partial charge in [-0.25, -0.2) is 0 Å². The monoisotopic (exact) mass is 155 g/mol. The molecule has 3 N–H and O–H groups in total. The highest BCUT2D eigenvalue weighted by Gasteiger charge is 2.10. The number of aryl methyl sites for hydroxylation is 1. The van der Waals surface area contributed by atoms with Gasteiger partial charge in [-0.15, -0.1) is 0 Å². The van der Waals surface area contributed by atoms with Gasteiger partial charge in [-0.2, -0.15) is 5.10 Å². The maximum atomic E-state index is 9.35. The highest BCUT2D eigenvalue weighted by molar-refractivity contribution is 5.18. The molecule has 1 aromatic rings. The first kappa shape index (κ1) is 8.23. The van der Waals surface area contributed by atoms with Crippen LogP contribution in [0.4, 0.5) is 0 Å². The van der Waals surface area contributed by atoms with Crippen molar-refractivity contribution in [1.82, 2.24) is 9.78 Å². The van der Waals surface area contributed by atoms with E-state index in [-0.39, 0.29) is 6.54 Å². The van der Waals surface area contributed by atoms with Crippen molar-refractivity contribution in [3.63, 3.8) is 0 Å². The quantitative estimate of drug-likeness (QED) is 0.617. The second-order valence-corrected chi connectivity index (χ2v) is 2.56. The average Bonchev–Trinajstić information content (AvgIpc) is 2.32. The Kier molecular flexibility index (Phi) is 2.26. The van der Waals surface area contributed by atoms with Gasteiger partial charge in [0.1, 0.15) is 0 Å². The average molecular weight is 155 g/mol. The number of aromatic nitrogens is 2. The Morgan fingerprint density at radius 1 is 1.82 bits per heavy atom. The van der Waals surface area contributed by atoms with Crippen molar-refractivity contribution in [2.24, 2.45) is 12.8 Å². The van der Waals surface area contributed by atoms with E-state index >= 15 is 0 Å². The van der Waals surface area contributed by atoms with Gasteiger partial charge < -0.3 is 10.8 Å². The largest absolute Gasteiger partial charge is 0.387 e. The summed E-state index contributed by atoms with van der Waals surface area (Å²) in [6, 6.07) is 0. The Balaban J connectivity index is 2.94. The van der Waals surface area contributed by atoms with E-state index in [9.17, 15) is 5.11 Å². The van der Waals surface area contributed by atoms with Crippen LogP contribution in [0.3, 0.4) is 0 Å². The summed E-state index contributed by atoms with van der Waals surface area (Å²) in [5.41, 5.74) is 7.07. The predicted octanol–water partition coefficient (Wildman–Crippen LogP) is -0.279. The molecule has 11 heavy (non-hydrogen) atoms. The van der Waals surface area contributed by atoms with Crippen LogP contribution in [-0.4, -0.2) is 21.4 Å². The summed E-state index contributed by atoms with van der Waals surface area (Å²) in [6.07, 6.45) is 1.07. The fourth-order valence-corrected chi connectivity index (χ4v) is 0.970. The van der Waals surface area contributed by atoms with Crippen molar-refractivity contribution >= 4 is 0 Å². The molecule has 0 saturated carbocycles. The zero-order valence-corrected chi connectivity index (χ0v) is 6.78. The van der Waals surface area contributed by atoms with Crippen molar-refractivity contribution in [3.05, 3.63) is 17.5 Å². The molecule has 0 aliphatic rings. The van der Waals surface area contributed by atoms with Crippen LogP contribution >= 0.6 is 0 Å². The molecule has 0 fully saturated rings. The van der Waals surface area contributed by atoms with E-state index in [0.717, 1.165) is 11.3 Å². The number of nitrogens with zero attached hydrogens (tertiary/aromatic N) is 2. The van der Waals surface area contributed by atoms with Crippen LogP contribution in [0.1, 0.15) is 17.4 Å². The zero-order chi connectivity index (χ0) is 8.43. The number of hydrogen-bond acceptors (Lipinski definition) is 3. The number of nitrogens with two attached hydrogens (primary N) is 1. The molecule has 1 aromatic heterocycles. The van der Waals surface area contributed by atoms with Gasteiger partial charge in [0, 0.05) is 24.8 Å². The number of hydrogen-bond donors (Lipinski definition) is 2. The lowest BCUT2D eigenvalue weighted by molar-refractivity contribution is 0.186. The standard InChI is InChI=1S/C7H13N3O/c1-5-6(7(11)3-8)4-9-10(5)2/h4,7,11H,3,8H2,1-2H3. The Morgan fingerprint density at radius 3 is 2.82 bits per heavy atom. The van der Waals surface area contributed by atoms with Crippen LogP contribution in [0.15, 0.2) is 6.20 Å². The molecule has 1 heterocycles. The summed E-state index contributed by atoms with van der Waals surface area (Å²) in [5, 5.41) is 13.3. The topological polar surface area (TPSA) is 64.1 Å². The SMILES string of the molecule is Cc1c(C(O)CN)cnn1C. The third kappa shape index (κ3) is 1.41. The Hall–Kier alpha value is -0.870. The Morgan fingerprint density at radius 2 is 2.45 bits per heavy atom. The van der Waals surface area contributed by atoms with Crippen LogP contribution in [-0.2, 0) is 7.05 Å². The predicted molar refractivity (Wildman–Crippen MR) is 42.0 cm³/mol. The van der Waals surface area contributed by atoms with Crippen LogP contribution in [0.25, 0.3) is 0 Å². The summed E-state index contributed by atoms with van der Waals surface area (Å²) in [6.45, 7) is 2.15. The Bertz CT molecular complexity index is 244. The van der Waals surface area contributed by atoms with Gasteiger partial charge in [0.25, 0.3) is 0 Å². The summed E-state index contributed by atoms with van der Waals surface area (Å²) in [4.78, 5) is 0. The van der Waals surface area contributed by atoms with Gasteiger partial charge in [0.05, 0.1) is 12.3 Å². The fourth-order valence-electron chi connectivity index (χ4n) is 0.970. The minimum absolute atomic E-state index is 0.243. The minimum atomic E-state index is -0.580. The van der Waals surface area contributed by atoms with Crippen LogP contribution in [0.5, 0.6) is 0 Å². The van der Waals surface area contributed by atoms with E-state index in [1.807, 2.05) is 14.0 Å². The van der Waals surface area contributed by atoms with Gasteiger partial charge >= 0.3 is 0 Å². The molecule has 0 radical (unpaired) electrons. The van der Waals surface area contributed by atoms with Gasteiger partial charge in [0.15, 0.2) is 0 Å². The maximum absolute atomic E-state index is 9.35. The van der Waals surface area contributed by atoms with Crippen LogP contribution in [0.2, 0.25) is 0 Å². The first-order valence-electron chi connectivity index (χ1n) is 3.53. The maximum Gasteiger partial charge on any atom is 0.0945 e. The second kappa shape index (κ2) is 3.02. The van der Waals surface area contributed by atoms with Gasteiger partial charge in [0.2, 0.25) is 0 Å². The molecule has 1 unspecified atom stereocenters. The summed E-state index contributed by atoms with van der Waals surface area (Å²) in [7, 11) is 1.84. The van der Waals surface area contributed by atoms with E-state index in [2.05, 4.69) is 5.10 Å². The molecule has 0 aliphatic carbocycles. The number of aliphatic hydroxyl groups is 1. The molecule has 1 rings (SSSR count). The molecule has 4 nitrogen and oxygen atoms in total. The van der Waals surface area contributed by atoms with Crippen molar-refractivity contribution in [2.45, 2.75) is 13.0 Å². The molecule has 0 spiro atoms. The van der Waals surface area contributed by atoms with E-state index in [0.29, 0.717) is 0 Å². The summed E-state index contributed by atoms with van der Waals surface area (Å²) < 4.78 is 1.72. The molecule has 0 amide bonds. The number of rotatable bonds is 2. The normalized spacial score (nSPS) is 13.5. The van der Waals surface area contributed by atoms with Crippen molar-refractivity contribution < 1.29 is 5.11 Å². The lowest BCUT2D eigenvalue weighted by atomic mass is 10.1. The van der Waals surface area contributed by atoms with Crippen molar-refractivity contribution in [3.8, 4) is 0 Å². The van der Waals surface area contributed by atoms with E-state index in [1.165, 1.54) is 0 Å². The third-order valence-electron chi connectivity index (χ3n) is 1.86. The summed E-state index contributed by atoms with van der Waals surface area (Å²) >= 11 is 0. The van der Waals surface area contributed by atoms with Gasteiger partial charge in [-0.1, -0.05) is 0 Å². The smallest absolute Gasteiger partial charge is 0.0945 e. The molecule has 0 aromatic carbocycles. The molecule has 0 bridgehead atoms. The van der Waals surface area contributed by atoms with E-state index in [4.69, 9.17) is 5.73 Å². The van der Waals surface area contributed by atoms with Crippen LogP contribution in [0, 0.1) is 6.92 Å². The van der Waals surface area contributed by atoms with Crippen LogP contribution < -0.4 is 5.73 Å². The summed E-state index contributed by atoms with van der Waals surface area (Å²) in [5.74, 6) is 0. The van der Waals surface area contributed by atoms with Crippen molar-refractivity contribution in [2.75, 3.05) is 6.54 Å². The van der Waals surface area contributed by atoms with E-state index in [1.54, 1.807) is 10.9 Å². The zero-order valence-electron chi connectivity index (χ0n) is 6.78. The van der Waals surface area contributed by atoms with Crippen molar-refractivity contribution in [1.29, 1.82) is 0 Å². The Labute approximate surface area is 65.6 Å². The molecule has 0 saturated heterocycles. The minimum Gasteiger partial charge on any atom is -0.387 e. The third-order valence-corrected chi connectivity index (χ3v) is 1.86. The fraction of sp³-hybridized carbons (Fsp3) is 0.571. The molecule has 1 atom stereocenters.